The Kier molecular flexibility index (Phi) is 5.86. The number of nitrogens with zero attached hydrogens (tertiary/aromatic N) is 2. The Bertz CT molecular complexity index is 969. The molecule has 0 aliphatic heterocycles. The van der Waals surface area contributed by atoms with Crippen LogP contribution in [0, 0.1) is 14.1 Å². The van der Waals surface area contributed by atoms with Crippen molar-refractivity contribution in [1.82, 2.24) is 9.55 Å². The number of thioether (sulfide) groups is 1. The highest BCUT2D eigenvalue weighted by atomic mass is 127. The summed E-state index contributed by atoms with van der Waals surface area (Å²) in [6.07, 6.45) is 1.04. The fourth-order valence-corrected chi connectivity index (χ4v) is 5.33. The van der Waals surface area contributed by atoms with Crippen LogP contribution in [0.2, 0.25) is 0 Å². The predicted molar refractivity (Wildman–Crippen MR) is 119 cm³/mol. The van der Waals surface area contributed by atoms with E-state index < -0.39 is 0 Å². The highest BCUT2D eigenvalue weighted by Crippen LogP contribution is 2.26. The molecule has 0 spiro atoms. The van der Waals surface area contributed by atoms with Crippen molar-refractivity contribution in [2.75, 3.05) is 5.75 Å². The summed E-state index contributed by atoms with van der Waals surface area (Å²) >= 11 is 6.15. The van der Waals surface area contributed by atoms with Crippen LogP contribution in [0.4, 0.5) is 0 Å². The van der Waals surface area contributed by atoms with E-state index in [9.17, 15) is 4.79 Å². The number of halogens is 2. The molecule has 0 aliphatic rings. The molecule has 0 N–H and O–H groups in total. The van der Waals surface area contributed by atoms with Crippen LogP contribution in [-0.2, 0) is 0 Å². The van der Waals surface area contributed by atoms with Crippen molar-refractivity contribution >= 4 is 67.8 Å². The molecule has 0 amide bonds. The molecule has 0 bridgehead atoms. The Balaban J connectivity index is 2.39. The first-order valence-corrected chi connectivity index (χ1v) is 10.8. The second kappa shape index (κ2) is 7.74. The van der Waals surface area contributed by atoms with Gasteiger partial charge in [0.15, 0.2) is 5.16 Å². The summed E-state index contributed by atoms with van der Waals surface area (Å²) in [4.78, 5) is 18.1. The molecule has 6 heteroatoms. The fraction of sp³-hybridized carbons (Fsp3) is 0.222. The maximum atomic E-state index is 13.3. The van der Waals surface area contributed by atoms with E-state index in [1.54, 1.807) is 16.3 Å². The Morgan fingerprint density at radius 1 is 1.21 bits per heavy atom. The van der Waals surface area contributed by atoms with E-state index in [1.165, 1.54) is 0 Å². The van der Waals surface area contributed by atoms with Crippen molar-refractivity contribution in [3.8, 4) is 5.69 Å². The molecule has 2 aromatic carbocycles. The Hall–Kier alpha value is -0.610. The zero-order chi connectivity index (χ0) is 17.3. The monoisotopic (exact) mass is 562 g/mol. The van der Waals surface area contributed by atoms with Gasteiger partial charge >= 0.3 is 0 Å². The molecule has 3 rings (SSSR count). The predicted octanol–water partition coefficient (Wildman–Crippen LogP) is 5.41. The maximum absolute atomic E-state index is 13.3. The highest BCUT2D eigenvalue weighted by Gasteiger charge is 2.16. The van der Waals surface area contributed by atoms with Crippen molar-refractivity contribution in [3.63, 3.8) is 0 Å². The molecular formula is C18H16I2N2OS. The van der Waals surface area contributed by atoms with Gasteiger partial charge < -0.3 is 0 Å². The molecule has 1 aromatic heterocycles. The average Bonchev–Trinajstić information content (AvgIpc) is 2.55. The van der Waals surface area contributed by atoms with Crippen molar-refractivity contribution < 1.29 is 0 Å². The molecule has 3 aromatic rings. The number of aryl methyl sites for hydroxylation is 1. The standard InChI is InChI=1S/C18H16I2N2OS/c1-3-8-24-18-21-16-13(9-12(19)10-14(16)20)17(23)22(18)15-7-5-4-6-11(15)2/h4-7,9-10H,3,8H2,1-2H3. The third-order valence-corrected chi connectivity index (χ3v) is 6.24. The second-order valence-corrected chi connectivity index (χ2v) is 8.92. The lowest BCUT2D eigenvalue weighted by Crippen LogP contribution is -2.23. The summed E-state index contributed by atoms with van der Waals surface area (Å²) in [6, 6.07) is 11.9. The molecule has 0 unspecified atom stereocenters. The molecule has 0 saturated carbocycles. The number of hydrogen-bond acceptors (Lipinski definition) is 3. The van der Waals surface area contributed by atoms with E-state index in [4.69, 9.17) is 4.98 Å². The minimum absolute atomic E-state index is 0.00401. The maximum Gasteiger partial charge on any atom is 0.266 e. The third-order valence-electron chi connectivity index (χ3n) is 3.65. The van der Waals surface area contributed by atoms with Gasteiger partial charge in [0, 0.05) is 12.9 Å². The number of fused-ring (bicyclic) bond motifs is 1. The lowest BCUT2D eigenvalue weighted by Gasteiger charge is -2.15. The smallest absolute Gasteiger partial charge is 0.266 e. The largest absolute Gasteiger partial charge is 0.268 e. The van der Waals surface area contributed by atoms with Gasteiger partial charge in [0.1, 0.15) is 0 Å². The summed E-state index contributed by atoms with van der Waals surface area (Å²) in [5, 5.41) is 1.44. The first-order valence-electron chi connectivity index (χ1n) is 7.63. The Morgan fingerprint density at radius 2 is 1.96 bits per heavy atom. The van der Waals surface area contributed by atoms with Gasteiger partial charge in [-0.1, -0.05) is 36.9 Å². The molecule has 1 heterocycles. The van der Waals surface area contributed by atoms with Gasteiger partial charge in [0.2, 0.25) is 0 Å². The van der Waals surface area contributed by atoms with Gasteiger partial charge in [-0.25, -0.2) is 4.98 Å². The first kappa shape index (κ1) is 18.2. The molecular weight excluding hydrogens is 546 g/mol. The number of rotatable bonds is 4. The molecule has 0 aliphatic carbocycles. The molecule has 0 radical (unpaired) electrons. The van der Waals surface area contributed by atoms with Crippen molar-refractivity contribution in [2.45, 2.75) is 25.4 Å². The van der Waals surface area contributed by atoms with Gasteiger partial charge in [-0.15, -0.1) is 0 Å². The zero-order valence-electron chi connectivity index (χ0n) is 13.3. The number of aromatic nitrogens is 2. The van der Waals surface area contributed by atoms with Gasteiger partial charge in [-0.2, -0.15) is 0 Å². The van der Waals surface area contributed by atoms with Gasteiger partial charge in [0.25, 0.3) is 5.56 Å². The van der Waals surface area contributed by atoms with Crippen LogP contribution in [0.15, 0.2) is 46.3 Å². The molecule has 3 nitrogen and oxygen atoms in total. The van der Waals surface area contributed by atoms with Crippen LogP contribution in [0.25, 0.3) is 16.6 Å². The van der Waals surface area contributed by atoms with E-state index >= 15 is 0 Å². The molecule has 0 atom stereocenters. The zero-order valence-corrected chi connectivity index (χ0v) is 18.5. The SMILES string of the molecule is CCCSc1nc2c(I)cc(I)cc2c(=O)n1-c1ccccc1C. The van der Waals surface area contributed by atoms with Crippen LogP contribution in [0.3, 0.4) is 0 Å². The van der Waals surface area contributed by atoms with Crippen LogP contribution in [0.5, 0.6) is 0 Å². The van der Waals surface area contributed by atoms with Crippen molar-refractivity contribution in [2.24, 2.45) is 0 Å². The topological polar surface area (TPSA) is 34.9 Å². The third kappa shape index (κ3) is 3.50. The molecule has 0 fully saturated rings. The first-order chi connectivity index (χ1) is 11.5. The quantitative estimate of drug-likeness (QED) is 0.243. The van der Waals surface area contributed by atoms with Gasteiger partial charge in [0.05, 0.1) is 16.6 Å². The second-order valence-electron chi connectivity index (χ2n) is 5.45. The lowest BCUT2D eigenvalue weighted by molar-refractivity contribution is 0.812. The van der Waals surface area contributed by atoms with E-state index in [0.717, 1.165) is 41.2 Å². The molecule has 24 heavy (non-hydrogen) atoms. The minimum Gasteiger partial charge on any atom is -0.268 e. The van der Waals surface area contributed by atoms with Crippen LogP contribution >= 0.6 is 56.9 Å². The fourth-order valence-electron chi connectivity index (χ4n) is 2.51. The summed E-state index contributed by atoms with van der Waals surface area (Å²) in [5.41, 5.74) is 2.78. The summed E-state index contributed by atoms with van der Waals surface area (Å²) < 4.78 is 3.83. The Labute approximate surface area is 172 Å². The van der Waals surface area contributed by atoms with Crippen molar-refractivity contribution in [3.05, 3.63) is 59.5 Å². The highest BCUT2D eigenvalue weighted by molar-refractivity contribution is 14.1. The number of para-hydroxylation sites is 1. The summed E-state index contributed by atoms with van der Waals surface area (Å²) in [5.74, 6) is 0.935. The van der Waals surface area contributed by atoms with E-state index in [0.29, 0.717) is 5.39 Å². The van der Waals surface area contributed by atoms with Crippen molar-refractivity contribution in [1.29, 1.82) is 0 Å². The lowest BCUT2D eigenvalue weighted by atomic mass is 10.2. The normalized spacial score (nSPS) is 11.2. The van der Waals surface area contributed by atoms with Crippen LogP contribution in [0.1, 0.15) is 18.9 Å². The van der Waals surface area contributed by atoms with Crippen LogP contribution in [-0.4, -0.2) is 15.3 Å². The minimum atomic E-state index is 0.00401. The van der Waals surface area contributed by atoms with Gasteiger partial charge in [-0.05, 0) is 82.3 Å². The summed E-state index contributed by atoms with van der Waals surface area (Å²) in [7, 11) is 0. The average molecular weight is 562 g/mol. The van der Waals surface area contributed by atoms with Gasteiger partial charge in [-0.3, -0.25) is 9.36 Å². The number of benzene rings is 2. The van der Waals surface area contributed by atoms with E-state index in [2.05, 4.69) is 58.2 Å². The van der Waals surface area contributed by atoms with E-state index in [1.807, 2.05) is 37.3 Å². The number of hydrogen-bond donors (Lipinski definition) is 0. The van der Waals surface area contributed by atoms with E-state index in [-0.39, 0.29) is 5.56 Å². The molecule has 0 saturated heterocycles. The summed E-state index contributed by atoms with van der Waals surface area (Å²) in [6.45, 7) is 4.16. The molecule has 124 valence electrons. The van der Waals surface area contributed by atoms with Crippen LogP contribution < -0.4 is 5.56 Å². The Morgan fingerprint density at radius 3 is 2.67 bits per heavy atom.